The summed E-state index contributed by atoms with van der Waals surface area (Å²) in [5, 5.41) is 2.61. The van der Waals surface area contributed by atoms with Crippen LogP contribution in [0.3, 0.4) is 0 Å². The third-order valence-corrected chi connectivity index (χ3v) is 4.45. The number of piperazine rings is 1. The van der Waals surface area contributed by atoms with Crippen molar-refractivity contribution in [3.8, 4) is 0 Å². The number of amides is 3. The van der Waals surface area contributed by atoms with Crippen LogP contribution in [0.2, 0.25) is 0 Å². The van der Waals surface area contributed by atoms with Gasteiger partial charge in [0, 0.05) is 37.3 Å². The summed E-state index contributed by atoms with van der Waals surface area (Å²) >= 11 is 0. The van der Waals surface area contributed by atoms with E-state index in [0.29, 0.717) is 37.3 Å². The number of hydrogen-bond acceptors (Lipinski definition) is 3. The molecule has 0 spiro atoms. The van der Waals surface area contributed by atoms with Crippen molar-refractivity contribution >= 4 is 17.7 Å². The topological polar surface area (TPSA) is 69.7 Å². The second-order valence-corrected chi connectivity index (χ2v) is 6.23. The van der Waals surface area contributed by atoms with Crippen LogP contribution < -0.4 is 5.32 Å². The van der Waals surface area contributed by atoms with Gasteiger partial charge in [0.2, 0.25) is 5.91 Å². The highest BCUT2D eigenvalue weighted by Gasteiger charge is 2.25. The minimum absolute atomic E-state index is 0.0837. The third-order valence-electron chi connectivity index (χ3n) is 4.45. The molecule has 6 nitrogen and oxygen atoms in total. The molecule has 2 aromatic carbocycles. The molecule has 2 aromatic rings. The first-order chi connectivity index (χ1) is 13.0. The summed E-state index contributed by atoms with van der Waals surface area (Å²) in [6, 6.07) is 14.1. The molecule has 1 heterocycles. The Morgan fingerprint density at radius 2 is 1.41 bits per heavy atom. The maximum atomic E-state index is 13.0. The van der Waals surface area contributed by atoms with E-state index >= 15 is 0 Å². The average Bonchev–Trinajstić information content (AvgIpc) is 2.72. The van der Waals surface area contributed by atoms with Crippen LogP contribution in [0.15, 0.2) is 54.6 Å². The van der Waals surface area contributed by atoms with Crippen LogP contribution >= 0.6 is 0 Å². The molecule has 0 radical (unpaired) electrons. The summed E-state index contributed by atoms with van der Waals surface area (Å²) in [7, 11) is 0. The number of rotatable bonds is 4. The third kappa shape index (κ3) is 4.69. The van der Waals surface area contributed by atoms with Crippen molar-refractivity contribution < 1.29 is 18.8 Å². The van der Waals surface area contributed by atoms with E-state index in [1.807, 2.05) is 6.07 Å². The highest BCUT2D eigenvalue weighted by atomic mass is 19.1. The maximum absolute atomic E-state index is 13.0. The Morgan fingerprint density at radius 1 is 0.815 bits per heavy atom. The summed E-state index contributed by atoms with van der Waals surface area (Å²) in [6.07, 6.45) is 0. The van der Waals surface area contributed by atoms with Gasteiger partial charge in [-0.1, -0.05) is 18.2 Å². The molecule has 1 aliphatic rings. The molecule has 1 saturated heterocycles. The van der Waals surface area contributed by atoms with Gasteiger partial charge in [0.25, 0.3) is 11.8 Å². The Labute approximate surface area is 156 Å². The number of carbonyl (C=O) groups is 3. The van der Waals surface area contributed by atoms with Gasteiger partial charge in [-0.05, 0) is 36.4 Å². The molecule has 7 heteroatoms. The Bertz CT molecular complexity index is 816. The van der Waals surface area contributed by atoms with Crippen LogP contribution in [0, 0.1) is 5.82 Å². The predicted molar refractivity (Wildman–Crippen MR) is 97.7 cm³/mol. The molecule has 0 atom stereocenters. The van der Waals surface area contributed by atoms with Crippen LogP contribution in [0.25, 0.3) is 0 Å². The number of benzene rings is 2. The SMILES string of the molecule is O=C(NCC(=O)N1CCN(C(=O)c2ccc(F)cc2)CC1)c1ccccc1. The Hall–Kier alpha value is -3.22. The van der Waals surface area contributed by atoms with Gasteiger partial charge in [0.1, 0.15) is 5.82 Å². The molecule has 0 unspecified atom stereocenters. The first kappa shape index (κ1) is 18.6. The van der Waals surface area contributed by atoms with Crippen molar-refractivity contribution in [2.24, 2.45) is 0 Å². The molecule has 0 aromatic heterocycles. The van der Waals surface area contributed by atoms with Crippen LogP contribution in [0.1, 0.15) is 20.7 Å². The van der Waals surface area contributed by atoms with Crippen LogP contribution in [0.5, 0.6) is 0 Å². The highest BCUT2D eigenvalue weighted by molar-refractivity contribution is 5.96. The zero-order valence-electron chi connectivity index (χ0n) is 14.7. The van der Waals surface area contributed by atoms with Crippen molar-refractivity contribution in [3.63, 3.8) is 0 Å². The van der Waals surface area contributed by atoms with Crippen LogP contribution in [-0.2, 0) is 4.79 Å². The van der Waals surface area contributed by atoms with Gasteiger partial charge in [-0.15, -0.1) is 0 Å². The molecular formula is C20H20FN3O3. The van der Waals surface area contributed by atoms with Crippen molar-refractivity contribution in [2.75, 3.05) is 32.7 Å². The molecule has 0 aliphatic carbocycles. The number of nitrogens with one attached hydrogen (secondary N) is 1. The van der Waals surface area contributed by atoms with Gasteiger partial charge in [-0.25, -0.2) is 4.39 Å². The predicted octanol–water partition coefficient (Wildman–Crippen LogP) is 1.54. The Morgan fingerprint density at radius 3 is 2.04 bits per heavy atom. The lowest BCUT2D eigenvalue weighted by atomic mass is 10.1. The van der Waals surface area contributed by atoms with Gasteiger partial charge < -0.3 is 15.1 Å². The minimum Gasteiger partial charge on any atom is -0.343 e. The Kier molecular flexibility index (Phi) is 5.80. The van der Waals surface area contributed by atoms with E-state index in [9.17, 15) is 18.8 Å². The quantitative estimate of drug-likeness (QED) is 0.889. The molecule has 3 amide bonds. The van der Waals surface area contributed by atoms with Crippen molar-refractivity contribution in [1.82, 2.24) is 15.1 Å². The number of carbonyl (C=O) groups excluding carboxylic acids is 3. The summed E-state index contributed by atoms with van der Waals surface area (Å²) in [4.78, 5) is 39.9. The second kappa shape index (κ2) is 8.44. The standard InChI is InChI=1S/C20H20FN3O3/c21-17-8-6-16(7-9-17)20(27)24-12-10-23(11-13-24)18(25)14-22-19(26)15-4-2-1-3-5-15/h1-9H,10-14H2,(H,22,26). The fourth-order valence-corrected chi connectivity index (χ4v) is 2.89. The molecule has 27 heavy (non-hydrogen) atoms. The van der Waals surface area contributed by atoms with E-state index in [-0.39, 0.29) is 30.1 Å². The molecule has 1 fully saturated rings. The molecule has 140 valence electrons. The average molecular weight is 369 g/mol. The number of nitrogens with zero attached hydrogens (tertiary/aromatic N) is 2. The maximum Gasteiger partial charge on any atom is 0.253 e. The zero-order valence-corrected chi connectivity index (χ0v) is 14.7. The summed E-state index contributed by atoms with van der Waals surface area (Å²) < 4.78 is 13.0. The summed E-state index contributed by atoms with van der Waals surface area (Å²) in [5.74, 6) is -1.05. The molecule has 0 bridgehead atoms. The second-order valence-electron chi connectivity index (χ2n) is 6.23. The number of hydrogen-bond donors (Lipinski definition) is 1. The molecule has 1 N–H and O–H groups in total. The molecule has 1 aliphatic heterocycles. The van der Waals surface area contributed by atoms with E-state index < -0.39 is 0 Å². The van der Waals surface area contributed by atoms with E-state index in [2.05, 4.69) is 5.32 Å². The van der Waals surface area contributed by atoms with Crippen LogP contribution in [0.4, 0.5) is 4.39 Å². The largest absolute Gasteiger partial charge is 0.343 e. The highest BCUT2D eigenvalue weighted by Crippen LogP contribution is 2.10. The van der Waals surface area contributed by atoms with E-state index in [1.165, 1.54) is 24.3 Å². The molecule has 3 rings (SSSR count). The smallest absolute Gasteiger partial charge is 0.253 e. The van der Waals surface area contributed by atoms with Gasteiger partial charge in [-0.3, -0.25) is 14.4 Å². The van der Waals surface area contributed by atoms with Crippen molar-refractivity contribution in [2.45, 2.75) is 0 Å². The van der Waals surface area contributed by atoms with Crippen LogP contribution in [-0.4, -0.2) is 60.2 Å². The lowest BCUT2D eigenvalue weighted by Crippen LogP contribution is -2.52. The minimum atomic E-state index is -0.389. The van der Waals surface area contributed by atoms with Gasteiger partial charge in [0.15, 0.2) is 0 Å². The van der Waals surface area contributed by atoms with Crippen molar-refractivity contribution in [3.05, 3.63) is 71.5 Å². The van der Waals surface area contributed by atoms with Gasteiger partial charge in [0.05, 0.1) is 6.54 Å². The first-order valence-corrected chi connectivity index (χ1v) is 8.70. The van der Waals surface area contributed by atoms with E-state index in [1.54, 1.807) is 34.1 Å². The van der Waals surface area contributed by atoms with E-state index in [0.717, 1.165) is 0 Å². The van der Waals surface area contributed by atoms with Crippen molar-refractivity contribution in [1.29, 1.82) is 0 Å². The first-order valence-electron chi connectivity index (χ1n) is 8.70. The van der Waals surface area contributed by atoms with Gasteiger partial charge >= 0.3 is 0 Å². The molecule has 0 saturated carbocycles. The lowest BCUT2D eigenvalue weighted by Gasteiger charge is -2.34. The lowest BCUT2D eigenvalue weighted by molar-refractivity contribution is -0.131. The fourth-order valence-electron chi connectivity index (χ4n) is 2.89. The zero-order chi connectivity index (χ0) is 19.2. The fraction of sp³-hybridized carbons (Fsp3) is 0.250. The monoisotopic (exact) mass is 369 g/mol. The summed E-state index contributed by atoms with van der Waals surface area (Å²) in [6.45, 7) is 1.50. The number of halogens is 1. The normalized spacial score (nSPS) is 14.0. The summed E-state index contributed by atoms with van der Waals surface area (Å²) in [5.41, 5.74) is 0.923. The Balaban J connectivity index is 1.47. The van der Waals surface area contributed by atoms with E-state index in [4.69, 9.17) is 0 Å². The van der Waals surface area contributed by atoms with Gasteiger partial charge in [-0.2, -0.15) is 0 Å². The molecular weight excluding hydrogens is 349 g/mol.